The second-order valence-electron chi connectivity index (χ2n) is 3.16. The molecule has 5 nitrogen and oxygen atoms in total. The molecule has 0 radical (unpaired) electrons. The summed E-state index contributed by atoms with van der Waals surface area (Å²) in [6.45, 7) is 0. The van der Waals surface area contributed by atoms with E-state index in [4.69, 9.17) is 12.2 Å². The molecule has 86 valence electrons. The van der Waals surface area contributed by atoms with Crippen LogP contribution in [0.4, 0.5) is 11.5 Å². The van der Waals surface area contributed by atoms with Crippen LogP contribution in [-0.4, -0.2) is 15.1 Å². The second-order valence-corrected chi connectivity index (χ2v) is 3.57. The van der Waals surface area contributed by atoms with Crippen LogP contribution < -0.4 is 16.2 Å². The molecular formula is C11H11N5S. The normalized spacial score (nSPS) is 9.41. The first kappa shape index (κ1) is 11.3. The maximum atomic E-state index is 5.09. The Hall–Kier alpha value is -2.21. The van der Waals surface area contributed by atoms with Gasteiger partial charge in [0.2, 0.25) is 0 Å². The van der Waals surface area contributed by atoms with Crippen molar-refractivity contribution in [1.82, 2.24) is 15.4 Å². The Balaban J connectivity index is 1.83. The van der Waals surface area contributed by atoms with E-state index in [0.717, 1.165) is 5.69 Å². The number of hydrogen-bond acceptors (Lipinski definition) is 4. The highest BCUT2D eigenvalue weighted by atomic mass is 32.1. The summed E-state index contributed by atoms with van der Waals surface area (Å²) < 4.78 is 0. The van der Waals surface area contributed by atoms with E-state index in [2.05, 4.69) is 26.1 Å². The molecule has 0 atom stereocenters. The van der Waals surface area contributed by atoms with Gasteiger partial charge in [0.15, 0.2) is 5.11 Å². The summed E-state index contributed by atoms with van der Waals surface area (Å²) in [5.41, 5.74) is 6.53. The van der Waals surface area contributed by atoms with Gasteiger partial charge in [0.05, 0.1) is 11.9 Å². The van der Waals surface area contributed by atoms with Gasteiger partial charge in [0.25, 0.3) is 0 Å². The lowest BCUT2D eigenvalue weighted by Gasteiger charge is -2.11. The molecule has 0 aliphatic heterocycles. The predicted octanol–water partition coefficient (Wildman–Crippen LogP) is 1.79. The summed E-state index contributed by atoms with van der Waals surface area (Å²) >= 11 is 5.09. The molecule has 17 heavy (non-hydrogen) atoms. The van der Waals surface area contributed by atoms with Gasteiger partial charge in [0, 0.05) is 12.4 Å². The van der Waals surface area contributed by atoms with Gasteiger partial charge < -0.3 is 5.32 Å². The molecule has 0 fully saturated rings. The van der Waals surface area contributed by atoms with Crippen molar-refractivity contribution < 1.29 is 0 Å². The molecule has 2 aromatic heterocycles. The van der Waals surface area contributed by atoms with Crippen molar-refractivity contribution >= 4 is 28.8 Å². The van der Waals surface area contributed by atoms with Crippen LogP contribution in [0.3, 0.4) is 0 Å². The maximum Gasteiger partial charge on any atom is 0.189 e. The van der Waals surface area contributed by atoms with Gasteiger partial charge >= 0.3 is 0 Å². The van der Waals surface area contributed by atoms with E-state index >= 15 is 0 Å². The third kappa shape index (κ3) is 3.69. The molecule has 0 aliphatic rings. The maximum absolute atomic E-state index is 5.09. The largest absolute Gasteiger partial charge is 0.330 e. The fourth-order valence-corrected chi connectivity index (χ4v) is 1.33. The zero-order chi connectivity index (χ0) is 11.9. The van der Waals surface area contributed by atoms with Crippen LogP contribution in [0.15, 0.2) is 48.9 Å². The number of nitrogens with one attached hydrogen (secondary N) is 3. The number of pyridine rings is 2. The number of nitrogens with zero attached hydrogens (tertiary/aromatic N) is 2. The number of anilines is 2. The van der Waals surface area contributed by atoms with Crippen molar-refractivity contribution in [3.63, 3.8) is 0 Å². The molecule has 2 rings (SSSR count). The quantitative estimate of drug-likeness (QED) is 0.566. The van der Waals surface area contributed by atoms with Crippen LogP contribution in [0.5, 0.6) is 0 Å². The monoisotopic (exact) mass is 245 g/mol. The molecule has 0 amide bonds. The lowest BCUT2D eigenvalue weighted by molar-refractivity contribution is 1.09. The second kappa shape index (κ2) is 5.76. The minimum atomic E-state index is 0.448. The van der Waals surface area contributed by atoms with E-state index in [1.54, 1.807) is 18.6 Å². The smallest absolute Gasteiger partial charge is 0.189 e. The average molecular weight is 245 g/mol. The minimum Gasteiger partial charge on any atom is -0.330 e. The lowest BCUT2D eigenvalue weighted by atomic mass is 10.4. The van der Waals surface area contributed by atoms with Crippen molar-refractivity contribution in [2.24, 2.45) is 0 Å². The minimum absolute atomic E-state index is 0.448. The highest BCUT2D eigenvalue weighted by Gasteiger charge is 1.96. The molecule has 2 aromatic rings. The third-order valence-corrected chi connectivity index (χ3v) is 2.09. The van der Waals surface area contributed by atoms with Crippen LogP contribution in [-0.2, 0) is 0 Å². The summed E-state index contributed by atoms with van der Waals surface area (Å²) in [7, 11) is 0. The number of aromatic nitrogens is 2. The van der Waals surface area contributed by atoms with Crippen LogP contribution in [0.2, 0.25) is 0 Å². The standard InChI is InChI=1S/C11H11N5S/c17-11(14-9-4-3-6-12-8-9)16-15-10-5-1-2-7-13-10/h1-8H,(H,13,15)(H2,14,16,17). The first-order valence-corrected chi connectivity index (χ1v) is 5.39. The molecular weight excluding hydrogens is 234 g/mol. The molecule has 0 saturated heterocycles. The SMILES string of the molecule is S=C(NNc1ccccn1)Nc1cccnc1. The van der Waals surface area contributed by atoms with Crippen molar-refractivity contribution in [2.45, 2.75) is 0 Å². The fourth-order valence-electron chi connectivity index (χ4n) is 1.16. The molecule has 0 spiro atoms. The molecule has 0 bridgehead atoms. The summed E-state index contributed by atoms with van der Waals surface area (Å²) in [5.74, 6) is 0.697. The Morgan fingerprint density at radius 1 is 1.12 bits per heavy atom. The summed E-state index contributed by atoms with van der Waals surface area (Å²) in [4.78, 5) is 8.06. The molecule has 0 unspecified atom stereocenters. The number of hydrogen-bond donors (Lipinski definition) is 3. The highest BCUT2D eigenvalue weighted by Crippen LogP contribution is 2.02. The van der Waals surface area contributed by atoms with E-state index in [1.807, 2.05) is 30.3 Å². The Labute approximate surface area is 104 Å². The Morgan fingerprint density at radius 2 is 2.06 bits per heavy atom. The van der Waals surface area contributed by atoms with E-state index in [9.17, 15) is 0 Å². The Bertz CT molecular complexity index is 474. The fraction of sp³-hybridized carbons (Fsp3) is 0. The first-order chi connectivity index (χ1) is 8.34. The zero-order valence-electron chi connectivity index (χ0n) is 8.92. The van der Waals surface area contributed by atoms with Gasteiger partial charge in [-0.05, 0) is 36.5 Å². The van der Waals surface area contributed by atoms with E-state index in [0.29, 0.717) is 10.9 Å². The average Bonchev–Trinajstić information content (AvgIpc) is 2.39. The Morgan fingerprint density at radius 3 is 2.76 bits per heavy atom. The molecule has 0 aliphatic carbocycles. The van der Waals surface area contributed by atoms with Crippen LogP contribution in [0, 0.1) is 0 Å². The first-order valence-electron chi connectivity index (χ1n) is 4.99. The van der Waals surface area contributed by atoms with Crippen LogP contribution in [0.1, 0.15) is 0 Å². The molecule has 2 heterocycles. The van der Waals surface area contributed by atoms with Crippen molar-refractivity contribution in [1.29, 1.82) is 0 Å². The van der Waals surface area contributed by atoms with Gasteiger partial charge in [-0.25, -0.2) is 4.98 Å². The van der Waals surface area contributed by atoms with E-state index in [-0.39, 0.29) is 0 Å². The van der Waals surface area contributed by atoms with Crippen LogP contribution in [0.25, 0.3) is 0 Å². The number of thiocarbonyl (C=S) groups is 1. The van der Waals surface area contributed by atoms with Gasteiger partial charge in [-0.1, -0.05) is 6.07 Å². The van der Waals surface area contributed by atoms with Gasteiger partial charge in [-0.3, -0.25) is 15.8 Å². The molecule has 6 heteroatoms. The van der Waals surface area contributed by atoms with Gasteiger partial charge in [-0.2, -0.15) is 0 Å². The molecule has 0 saturated carbocycles. The predicted molar refractivity (Wildman–Crippen MR) is 71.5 cm³/mol. The van der Waals surface area contributed by atoms with Gasteiger partial charge in [-0.15, -0.1) is 0 Å². The molecule has 3 N–H and O–H groups in total. The lowest BCUT2D eigenvalue weighted by Crippen LogP contribution is -2.33. The van der Waals surface area contributed by atoms with E-state index < -0.39 is 0 Å². The van der Waals surface area contributed by atoms with Crippen molar-refractivity contribution in [2.75, 3.05) is 10.7 Å². The third-order valence-electron chi connectivity index (χ3n) is 1.89. The Kier molecular flexibility index (Phi) is 3.82. The molecule has 0 aromatic carbocycles. The van der Waals surface area contributed by atoms with Crippen LogP contribution >= 0.6 is 12.2 Å². The zero-order valence-corrected chi connectivity index (χ0v) is 9.74. The summed E-state index contributed by atoms with van der Waals surface area (Å²) in [5, 5.41) is 3.43. The van der Waals surface area contributed by atoms with Gasteiger partial charge in [0.1, 0.15) is 5.82 Å². The van der Waals surface area contributed by atoms with Crippen molar-refractivity contribution in [3.8, 4) is 0 Å². The highest BCUT2D eigenvalue weighted by molar-refractivity contribution is 7.80. The summed E-state index contributed by atoms with van der Waals surface area (Å²) in [6, 6.07) is 9.27. The number of hydrazine groups is 1. The number of rotatable bonds is 3. The van der Waals surface area contributed by atoms with E-state index in [1.165, 1.54) is 0 Å². The summed E-state index contributed by atoms with van der Waals surface area (Å²) in [6.07, 6.45) is 5.09. The van der Waals surface area contributed by atoms with Crippen molar-refractivity contribution in [3.05, 3.63) is 48.9 Å². The topological polar surface area (TPSA) is 61.9 Å².